The maximum Gasteiger partial charge on any atom is 0.336 e. The summed E-state index contributed by atoms with van der Waals surface area (Å²) in [5.41, 5.74) is 3.87. The zero-order valence-electron chi connectivity index (χ0n) is 19.4. The molecule has 2 heterocycles. The first-order chi connectivity index (χ1) is 16.0. The highest BCUT2D eigenvalue weighted by Gasteiger charge is 2.41. The average Bonchev–Trinajstić information content (AvgIpc) is 3.35. The molecule has 2 aliphatic rings. The van der Waals surface area contributed by atoms with Crippen molar-refractivity contribution in [2.75, 3.05) is 20.8 Å². The molecule has 0 bridgehead atoms. The second-order valence-corrected chi connectivity index (χ2v) is 9.26. The third-order valence-corrected chi connectivity index (χ3v) is 7.13. The predicted molar refractivity (Wildman–Crippen MR) is 128 cm³/mol. The first kappa shape index (κ1) is 23.1. The molecule has 0 radical (unpaired) electrons. The van der Waals surface area contributed by atoms with Gasteiger partial charge in [-0.3, -0.25) is 4.79 Å². The normalized spacial score (nSPS) is 20.3. The van der Waals surface area contributed by atoms with Crippen LogP contribution in [-0.4, -0.2) is 32.6 Å². The lowest BCUT2D eigenvalue weighted by molar-refractivity contribution is -0.139. The SMILES string of the molecule is CCCOC(=O)C1=C(C)NC2=C(C(=O)C[C@@H](c3ccc(OC)c(OC)c3)C2)[C@H]1c1cccs1. The molecule has 0 fully saturated rings. The number of rotatable bonds is 7. The number of ether oxygens (including phenoxy) is 3. The van der Waals surface area contributed by atoms with Crippen LogP contribution in [-0.2, 0) is 14.3 Å². The fraction of sp³-hybridized carbons (Fsp3) is 0.385. The monoisotopic (exact) mass is 467 g/mol. The molecule has 1 aliphatic carbocycles. The van der Waals surface area contributed by atoms with Crippen LogP contribution in [0.4, 0.5) is 0 Å². The number of benzene rings is 1. The Kier molecular flexibility index (Phi) is 6.88. The van der Waals surface area contributed by atoms with Crippen molar-refractivity contribution in [1.29, 1.82) is 0 Å². The summed E-state index contributed by atoms with van der Waals surface area (Å²) in [5, 5.41) is 5.36. The van der Waals surface area contributed by atoms with E-state index in [-0.39, 0.29) is 17.7 Å². The second kappa shape index (κ2) is 9.83. The van der Waals surface area contributed by atoms with Gasteiger partial charge in [-0.1, -0.05) is 19.1 Å². The van der Waals surface area contributed by atoms with Gasteiger partial charge < -0.3 is 19.5 Å². The van der Waals surface area contributed by atoms with Crippen molar-refractivity contribution in [2.24, 2.45) is 0 Å². The maximum atomic E-state index is 13.6. The standard InChI is InChI=1S/C26H29NO5S/c1-5-10-32-26(29)23-15(2)27-18-12-17(16-8-9-20(30-3)21(14-16)31-4)13-19(28)24(18)25(23)22-7-6-11-33-22/h6-9,11,14,17,25,27H,5,10,12-13H2,1-4H3/t17-,25-/m0/s1. The maximum absolute atomic E-state index is 13.6. The lowest BCUT2D eigenvalue weighted by Gasteiger charge is -2.36. The Labute approximate surface area is 198 Å². The number of carbonyl (C=O) groups excluding carboxylic acids is 2. The van der Waals surface area contributed by atoms with E-state index in [1.165, 1.54) is 0 Å². The summed E-state index contributed by atoms with van der Waals surface area (Å²) < 4.78 is 16.3. The summed E-state index contributed by atoms with van der Waals surface area (Å²) in [6.45, 7) is 4.20. The number of hydrogen-bond donors (Lipinski definition) is 1. The van der Waals surface area contributed by atoms with Crippen molar-refractivity contribution in [2.45, 2.75) is 44.9 Å². The summed E-state index contributed by atoms with van der Waals surface area (Å²) in [7, 11) is 3.21. The molecule has 0 saturated heterocycles. The van der Waals surface area contributed by atoms with Crippen LogP contribution in [0.15, 0.2) is 58.3 Å². The Bertz CT molecular complexity index is 1120. The Morgan fingerprint density at radius 2 is 1.94 bits per heavy atom. The molecule has 1 aliphatic heterocycles. The molecule has 2 aromatic rings. The number of carbonyl (C=O) groups is 2. The molecular formula is C26H29NO5S. The molecule has 1 N–H and O–H groups in total. The van der Waals surface area contributed by atoms with E-state index >= 15 is 0 Å². The molecule has 0 amide bonds. The van der Waals surface area contributed by atoms with Gasteiger partial charge in [0.15, 0.2) is 17.3 Å². The number of thiophene rings is 1. The van der Waals surface area contributed by atoms with E-state index in [4.69, 9.17) is 14.2 Å². The zero-order chi connectivity index (χ0) is 23.5. The fourth-order valence-electron chi connectivity index (χ4n) is 4.66. The minimum absolute atomic E-state index is 0.00827. The number of nitrogens with one attached hydrogen (secondary N) is 1. The molecule has 0 spiro atoms. The lowest BCUT2D eigenvalue weighted by Crippen LogP contribution is -2.36. The third-order valence-electron chi connectivity index (χ3n) is 6.19. The van der Waals surface area contributed by atoms with Gasteiger partial charge in [0.25, 0.3) is 0 Å². The Morgan fingerprint density at radius 1 is 1.15 bits per heavy atom. The van der Waals surface area contributed by atoms with Crippen LogP contribution in [0.5, 0.6) is 11.5 Å². The van der Waals surface area contributed by atoms with Gasteiger partial charge in [0, 0.05) is 28.3 Å². The number of dihydropyridines is 1. The molecule has 2 atom stereocenters. The lowest BCUT2D eigenvalue weighted by atomic mass is 9.73. The van der Waals surface area contributed by atoms with E-state index in [1.807, 2.05) is 49.6 Å². The first-order valence-electron chi connectivity index (χ1n) is 11.1. The minimum atomic E-state index is -0.399. The van der Waals surface area contributed by atoms with Crippen LogP contribution in [0.3, 0.4) is 0 Å². The highest BCUT2D eigenvalue weighted by molar-refractivity contribution is 7.10. The number of allylic oxidation sites excluding steroid dienone is 3. The quantitative estimate of drug-likeness (QED) is 0.573. The van der Waals surface area contributed by atoms with Crippen LogP contribution in [0, 0.1) is 0 Å². The Hall–Kier alpha value is -3.06. The van der Waals surface area contributed by atoms with E-state index in [0.717, 1.165) is 28.3 Å². The van der Waals surface area contributed by atoms with Gasteiger partial charge in [-0.05, 0) is 54.8 Å². The fourth-order valence-corrected chi connectivity index (χ4v) is 5.51. The highest BCUT2D eigenvalue weighted by Crippen LogP contribution is 2.47. The molecule has 6 nitrogen and oxygen atoms in total. The molecular weight excluding hydrogens is 438 g/mol. The number of Topliss-reactive ketones (excluding diaryl/α,β-unsaturated/α-hetero) is 1. The van der Waals surface area contributed by atoms with Gasteiger partial charge in [0.1, 0.15) is 0 Å². The largest absolute Gasteiger partial charge is 0.493 e. The highest BCUT2D eigenvalue weighted by atomic mass is 32.1. The van der Waals surface area contributed by atoms with Crippen molar-refractivity contribution in [3.8, 4) is 11.5 Å². The van der Waals surface area contributed by atoms with Gasteiger partial charge in [0.2, 0.25) is 0 Å². The van der Waals surface area contributed by atoms with E-state index < -0.39 is 5.92 Å². The van der Waals surface area contributed by atoms with E-state index in [1.54, 1.807) is 25.6 Å². The van der Waals surface area contributed by atoms with Gasteiger partial charge in [-0.15, -0.1) is 11.3 Å². The molecule has 7 heteroatoms. The molecule has 1 aromatic carbocycles. The average molecular weight is 468 g/mol. The summed E-state index contributed by atoms with van der Waals surface area (Å²) in [6.07, 6.45) is 1.79. The van der Waals surface area contributed by atoms with Crippen LogP contribution in [0.25, 0.3) is 0 Å². The summed E-state index contributed by atoms with van der Waals surface area (Å²) in [5.74, 6) is 0.605. The van der Waals surface area contributed by atoms with Crippen molar-refractivity contribution in [1.82, 2.24) is 5.32 Å². The number of hydrogen-bond acceptors (Lipinski definition) is 7. The second-order valence-electron chi connectivity index (χ2n) is 8.28. The Morgan fingerprint density at radius 3 is 2.61 bits per heavy atom. The molecule has 33 heavy (non-hydrogen) atoms. The predicted octanol–water partition coefficient (Wildman–Crippen LogP) is 5.08. The van der Waals surface area contributed by atoms with Gasteiger partial charge in [-0.2, -0.15) is 0 Å². The molecule has 1 aromatic heterocycles. The zero-order valence-corrected chi connectivity index (χ0v) is 20.2. The molecule has 174 valence electrons. The summed E-state index contributed by atoms with van der Waals surface area (Å²) in [6, 6.07) is 9.74. The minimum Gasteiger partial charge on any atom is -0.493 e. The van der Waals surface area contributed by atoms with E-state index in [9.17, 15) is 9.59 Å². The van der Waals surface area contributed by atoms with Crippen LogP contribution in [0.2, 0.25) is 0 Å². The smallest absolute Gasteiger partial charge is 0.336 e. The molecule has 4 rings (SSSR count). The molecule has 0 saturated carbocycles. The van der Waals surface area contributed by atoms with E-state index in [0.29, 0.717) is 42.1 Å². The van der Waals surface area contributed by atoms with Crippen molar-refractivity contribution in [3.63, 3.8) is 0 Å². The van der Waals surface area contributed by atoms with Crippen LogP contribution in [0.1, 0.15) is 55.4 Å². The van der Waals surface area contributed by atoms with Gasteiger partial charge in [0.05, 0.1) is 32.3 Å². The van der Waals surface area contributed by atoms with Gasteiger partial charge >= 0.3 is 5.97 Å². The van der Waals surface area contributed by atoms with Crippen molar-refractivity contribution < 1.29 is 23.8 Å². The molecule has 0 unspecified atom stereocenters. The Balaban J connectivity index is 1.72. The van der Waals surface area contributed by atoms with Gasteiger partial charge in [-0.25, -0.2) is 4.79 Å². The van der Waals surface area contributed by atoms with Crippen molar-refractivity contribution in [3.05, 3.63) is 68.7 Å². The first-order valence-corrected chi connectivity index (χ1v) is 12.0. The number of esters is 1. The summed E-state index contributed by atoms with van der Waals surface area (Å²) in [4.78, 5) is 27.5. The third kappa shape index (κ3) is 4.42. The number of methoxy groups -OCH3 is 2. The van der Waals surface area contributed by atoms with Crippen molar-refractivity contribution >= 4 is 23.1 Å². The van der Waals surface area contributed by atoms with Crippen LogP contribution < -0.4 is 14.8 Å². The number of ketones is 1. The van der Waals surface area contributed by atoms with Crippen LogP contribution >= 0.6 is 11.3 Å². The topological polar surface area (TPSA) is 73.9 Å². The summed E-state index contributed by atoms with van der Waals surface area (Å²) >= 11 is 1.55. The van der Waals surface area contributed by atoms with E-state index in [2.05, 4.69) is 5.32 Å².